The van der Waals surface area contributed by atoms with E-state index in [2.05, 4.69) is 0 Å². The summed E-state index contributed by atoms with van der Waals surface area (Å²) in [6.07, 6.45) is 3.23. The van der Waals surface area contributed by atoms with Crippen molar-refractivity contribution in [2.45, 2.75) is 37.0 Å². The van der Waals surface area contributed by atoms with E-state index in [1.54, 1.807) is 34.1 Å². The molecule has 32 heavy (non-hydrogen) atoms. The van der Waals surface area contributed by atoms with Crippen LogP contribution >= 0.6 is 11.6 Å². The van der Waals surface area contributed by atoms with Gasteiger partial charge in [-0.05, 0) is 60.2 Å². The molecule has 1 heterocycles. The fourth-order valence-electron chi connectivity index (χ4n) is 4.33. The Bertz CT molecular complexity index is 1110. The Morgan fingerprint density at radius 3 is 2.16 bits per heavy atom. The molecule has 0 saturated carbocycles. The minimum Gasteiger partial charge on any atom is -0.339 e. The van der Waals surface area contributed by atoms with Crippen LogP contribution in [0.4, 0.5) is 0 Å². The lowest BCUT2D eigenvalue weighted by Crippen LogP contribution is -2.51. The first-order chi connectivity index (χ1) is 15.3. The first kappa shape index (κ1) is 22.8. The number of benzene rings is 2. The first-order valence-corrected chi connectivity index (χ1v) is 13.0. The molecule has 0 radical (unpaired) electrons. The molecule has 2 aliphatic rings. The number of aryl methyl sites for hydroxylation is 2. The molecule has 2 aromatic rings. The summed E-state index contributed by atoms with van der Waals surface area (Å²) in [5.41, 5.74) is 3.23. The lowest BCUT2D eigenvalue weighted by Gasteiger charge is -2.35. The number of piperazine rings is 1. The Kier molecular flexibility index (Phi) is 6.86. The number of carbonyl (C=O) groups excluding carboxylic acids is 2. The van der Waals surface area contributed by atoms with Crippen molar-refractivity contribution >= 4 is 33.3 Å². The van der Waals surface area contributed by atoms with Crippen molar-refractivity contribution in [2.24, 2.45) is 0 Å². The highest BCUT2D eigenvalue weighted by atomic mass is 35.5. The second-order valence-corrected chi connectivity index (χ2v) is 11.0. The van der Waals surface area contributed by atoms with Gasteiger partial charge >= 0.3 is 0 Å². The summed E-state index contributed by atoms with van der Waals surface area (Å²) >= 11 is 5.88. The number of hydrogen-bond donors (Lipinski definition) is 0. The van der Waals surface area contributed by atoms with E-state index in [0.29, 0.717) is 42.5 Å². The number of nitrogens with zero attached hydrogens (tertiary/aromatic N) is 2. The van der Waals surface area contributed by atoms with Crippen LogP contribution < -0.4 is 0 Å². The van der Waals surface area contributed by atoms with Crippen molar-refractivity contribution in [2.75, 3.05) is 31.9 Å². The standard InChI is InChI=1S/C24H27ClN2O4S/c25-21-7-4-18(5-8-21)16-24(29)27-13-11-26(12-14-27)23(28)10-15-32(30,31)22-9-6-19-2-1-3-20(19)17-22/h4-9,17H,1-3,10-16H2. The Labute approximate surface area is 194 Å². The van der Waals surface area contributed by atoms with Crippen LogP contribution in [0.25, 0.3) is 0 Å². The fraction of sp³-hybridized carbons (Fsp3) is 0.417. The number of rotatable bonds is 6. The molecule has 2 aromatic carbocycles. The number of halogens is 1. The molecule has 1 aliphatic heterocycles. The number of hydrogen-bond acceptors (Lipinski definition) is 4. The number of carbonyl (C=O) groups is 2. The maximum atomic E-state index is 12.7. The molecule has 2 amide bonds. The molecular weight excluding hydrogens is 448 g/mol. The lowest BCUT2D eigenvalue weighted by molar-refractivity contribution is -0.138. The maximum Gasteiger partial charge on any atom is 0.227 e. The smallest absolute Gasteiger partial charge is 0.227 e. The van der Waals surface area contributed by atoms with Crippen molar-refractivity contribution in [3.8, 4) is 0 Å². The van der Waals surface area contributed by atoms with Gasteiger partial charge in [0.05, 0.1) is 17.1 Å². The molecule has 1 fully saturated rings. The van der Waals surface area contributed by atoms with Crippen LogP contribution in [0, 0.1) is 0 Å². The van der Waals surface area contributed by atoms with Crippen molar-refractivity contribution in [1.82, 2.24) is 9.80 Å². The van der Waals surface area contributed by atoms with Gasteiger partial charge in [0.15, 0.2) is 9.84 Å². The van der Waals surface area contributed by atoms with Crippen molar-refractivity contribution < 1.29 is 18.0 Å². The topological polar surface area (TPSA) is 74.8 Å². The van der Waals surface area contributed by atoms with E-state index < -0.39 is 9.84 Å². The van der Waals surface area contributed by atoms with Gasteiger partial charge in [-0.1, -0.05) is 29.8 Å². The van der Waals surface area contributed by atoms with Crippen molar-refractivity contribution in [3.05, 3.63) is 64.2 Å². The van der Waals surface area contributed by atoms with Crippen LogP contribution in [0.1, 0.15) is 29.5 Å². The summed E-state index contributed by atoms with van der Waals surface area (Å²) in [5.74, 6) is -0.363. The average Bonchev–Trinajstić information content (AvgIpc) is 3.27. The molecule has 4 rings (SSSR count). The summed E-state index contributed by atoms with van der Waals surface area (Å²) < 4.78 is 25.4. The Hall–Kier alpha value is -2.38. The second-order valence-electron chi connectivity index (χ2n) is 8.42. The van der Waals surface area contributed by atoms with Gasteiger partial charge in [0.1, 0.15) is 0 Å². The quantitative estimate of drug-likeness (QED) is 0.645. The van der Waals surface area contributed by atoms with Gasteiger partial charge in [0.2, 0.25) is 11.8 Å². The van der Waals surface area contributed by atoms with Crippen LogP contribution in [0.3, 0.4) is 0 Å². The molecule has 0 N–H and O–H groups in total. The second kappa shape index (κ2) is 9.63. The molecule has 0 aromatic heterocycles. The monoisotopic (exact) mass is 474 g/mol. The molecule has 6 nitrogen and oxygen atoms in total. The molecule has 1 aliphatic carbocycles. The third kappa shape index (κ3) is 5.33. The van der Waals surface area contributed by atoms with E-state index in [4.69, 9.17) is 11.6 Å². The molecule has 0 spiro atoms. The van der Waals surface area contributed by atoms with E-state index >= 15 is 0 Å². The minimum atomic E-state index is -3.50. The highest BCUT2D eigenvalue weighted by Crippen LogP contribution is 2.25. The lowest BCUT2D eigenvalue weighted by atomic mass is 10.1. The summed E-state index contributed by atoms with van der Waals surface area (Å²) in [6.45, 7) is 1.75. The molecular formula is C24H27ClN2O4S. The van der Waals surface area contributed by atoms with Crippen molar-refractivity contribution in [3.63, 3.8) is 0 Å². The van der Waals surface area contributed by atoms with Crippen LogP contribution in [-0.2, 0) is 38.7 Å². The summed E-state index contributed by atoms with van der Waals surface area (Å²) in [4.78, 5) is 28.9. The molecule has 0 unspecified atom stereocenters. The highest BCUT2D eigenvalue weighted by Gasteiger charge is 2.26. The maximum absolute atomic E-state index is 12.7. The van der Waals surface area contributed by atoms with Crippen LogP contribution in [0.5, 0.6) is 0 Å². The van der Waals surface area contributed by atoms with E-state index in [0.717, 1.165) is 30.4 Å². The number of fused-ring (bicyclic) bond motifs is 1. The van der Waals surface area contributed by atoms with E-state index in [-0.39, 0.29) is 24.0 Å². The minimum absolute atomic E-state index is 0.0126. The van der Waals surface area contributed by atoms with Gasteiger partial charge in [-0.2, -0.15) is 0 Å². The summed E-state index contributed by atoms with van der Waals surface area (Å²) in [5, 5.41) is 0.631. The summed E-state index contributed by atoms with van der Waals surface area (Å²) in [6, 6.07) is 12.5. The largest absolute Gasteiger partial charge is 0.339 e. The van der Waals surface area contributed by atoms with Crippen LogP contribution in [0.2, 0.25) is 5.02 Å². The van der Waals surface area contributed by atoms with E-state index in [1.165, 1.54) is 5.56 Å². The zero-order chi connectivity index (χ0) is 22.7. The van der Waals surface area contributed by atoms with Gasteiger partial charge in [0, 0.05) is 37.6 Å². The van der Waals surface area contributed by atoms with Crippen LogP contribution in [0.15, 0.2) is 47.4 Å². The highest BCUT2D eigenvalue weighted by molar-refractivity contribution is 7.91. The molecule has 8 heteroatoms. The average molecular weight is 475 g/mol. The Balaban J connectivity index is 1.26. The molecule has 170 valence electrons. The number of amides is 2. The predicted octanol–water partition coefficient (Wildman–Crippen LogP) is 2.91. The zero-order valence-corrected chi connectivity index (χ0v) is 19.5. The zero-order valence-electron chi connectivity index (χ0n) is 17.9. The van der Waals surface area contributed by atoms with Gasteiger partial charge in [-0.25, -0.2) is 8.42 Å². The predicted molar refractivity (Wildman–Crippen MR) is 123 cm³/mol. The number of sulfone groups is 1. The van der Waals surface area contributed by atoms with Crippen LogP contribution in [-0.4, -0.2) is 62.0 Å². The van der Waals surface area contributed by atoms with Crippen molar-refractivity contribution in [1.29, 1.82) is 0 Å². The third-order valence-corrected chi connectivity index (χ3v) is 8.23. The molecule has 0 atom stereocenters. The van der Waals surface area contributed by atoms with Gasteiger partial charge in [-0.15, -0.1) is 0 Å². The fourth-order valence-corrected chi connectivity index (χ4v) is 5.74. The first-order valence-electron chi connectivity index (χ1n) is 11.0. The summed E-state index contributed by atoms with van der Waals surface area (Å²) in [7, 11) is -3.50. The van der Waals surface area contributed by atoms with E-state index in [1.807, 2.05) is 18.2 Å². The Morgan fingerprint density at radius 1 is 0.844 bits per heavy atom. The van der Waals surface area contributed by atoms with E-state index in [9.17, 15) is 18.0 Å². The molecule has 1 saturated heterocycles. The van der Waals surface area contributed by atoms with Gasteiger partial charge in [0.25, 0.3) is 0 Å². The SMILES string of the molecule is O=C(CCS(=O)(=O)c1ccc2c(c1)CCC2)N1CCN(C(=O)Cc2ccc(Cl)cc2)CC1. The molecule has 0 bridgehead atoms. The van der Waals surface area contributed by atoms with Gasteiger partial charge in [-0.3, -0.25) is 9.59 Å². The third-order valence-electron chi connectivity index (χ3n) is 6.27. The van der Waals surface area contributed by atoms with Gasteiger partial charge < -0.3 is 9.80 Å². The Morgan fingerprint density at radius 2 is 1.47 bits per heavy atom. The normalized spacial score (nSPS) is 16.2.